The zero-order valence-corrected chi connectivity index (χ0v) is 15.9. The number of ether oxygens (including phenoxy) is 1. The normalized spacial score (nSPS) is 20.6. The van der Waals surface area contributed by atoms with Crippen molar-refractivity contribution in [3.05, 3.63) is 26.6 Å². The van der Waals surface area contributed by atoms with E-state index in [1.54, 1.807) is 0 Å². The zero-order chi connectivity index (χ0) is 15.5. The van der Waals surface area contributed by atoms with E-state index in [1.807, 2.05) is 19.1 Å². The van der Waals surface area contributed by atoms with Crippen LogP contribution in [0.2, 0.25) is 0 Å². The largest absolute Gasteiger partial charge is 0.492 e. The molecule has 0 radical (unpaired) electrons. The second-order valence-electron chi connectivity index (χ2n) is 5.22. The number of nitrogens with one attached hydrogen (secondary N) is 1. The fourth-order valence-electron chi connectivity index (χ4n) is 2.45. The van der Waals surface area contributed by atoms with E-state index >= 15 is 0 Å². The van der Waals surface area contributed by atoms with E-state index in [0.29, 0.717) is 24.7 Å². The highest BCUT2D eigenvalue weighted by Gasteiger charge is 2.27. The molecule has 1 saturated heterocycles. The highest BCUT2D eigenvalue weighted by molar-refractivity contribution is 9.11. The summed E-state index contributed by atoms with van der Waals surface area (Å²) < 4.78 is 30.2. The van der Waals surface area contributed by atoms with Gasteiger partial charge in [0.25, 0.3) is 0 Å². The Morgan fingerprint density at radius 1 is 1.33 bits per heavy atom. The molecule has 0 saturated carbocycles. The molecule has 7 heteroatoms. The molecule has 1 aliphatic rings. The first kappa shape index (κ1) is 17.2. The van der Waals surface area contributed by atoms with Gasteiger partial charge in [0.1, 0.15) is 5.75 Å². The summed E-state index contributed by atoms with van der Waals surface area (Å²) in [6.45, 7) is 4.01. The number of hydrogen-bond donors (Lipinski definition) is 1. The van der Waals surface area contributed by atoms with Crippen molar-refractivity contribution in [2.75, 3.05) is 24.7 Å². The van der Waals surface area contributed by atoms with Crippen LogP contribution in [-0.4, -0.2) is 33.1 Å². The average Bonchev–Trinajstić information content (AvgIpc) is 2.73. The van der Waals surface area contributed by atoms with E-state index in [9.17, 15) is 8.42 Å². The van der Waals surface area contributed by atoms with Crippen molar-refractivity contribution in [3.8, 4) is 5.75 Å². The molecule has 1 fully saturated rings. The second kappa shape index (κ2) is 7.44. The molecule has 1 aliphatic heterocycles. The van der Waals surface area contributed by atoms with Gasteiger partial charge >= 0.3 is 0 Å². The third kappa shape index (κ3) is 4.94. The average molecular weight is 441 g/mol. The summed E-state index contributed by atoms with van der Waals surface area (Å²) in [5.41, 5.74) is 1.12. The topological polar surface area (TPSA) is 55.4 Å². The minimum absolute atomic E-state index is 0.240. The Morgan fingerprint density at radius 2 is 2.00 bits per heavy atom. The summed E-state index contributed by atoms with van der Waals surface area (Å²) in [5.74, 6) is 1.70. The summed E-state index contributed by atoms with van der Waals surface area (Å²) >= 11 is 7.02. The molecule has 0 bridgehead atoms. The Kier molecular flexibility index (Phi) is 6.11. The number of benzene rings is 1. The second-order valence-corrected chi connectivity index (χ2v) is 9.16. The maximum absolute atomic E-state index is 11.4. The van der Waals surface area contributed by atoms with Gasteiger partial charge in [-0.25, -0.2) is 8.42 Å². The molecular weight excluding hydrogens is 422 g/mol. The third-order valence-electron chi connectivity index (χ3n) is 3.44. The Morgan fingerprint density at radius 3 is 2.52 bits per heavy atom. The summed E-state index contributed by atoms with van der Waals surface area (Å²) in [4.78, 5) is 0. The molecule has 1 unspecified atom stereocenters. The lowest BCUT2D eigenvalue weighted by Gasteiger charge is -2.13. The van der Waals surface area contributed by atoms with Gasteiger partial charge in [0.15, 0.2) is 9.84 Å². The van der Waals surface area contributed by atoms with Crippen LogP contribution in [0.4, 0.5) is 0 Å². The summed E-state index contributed by atoms with van der Waals surface area (Å²) in [6.07, 6.45) is 0.770. The quantitative estimate of drug-likeness (QED) is 0.738. The van der Waals surface area contributed by atoms with E-state index in [1.165, 1.54) is 0 Å². The lowest BCUT2D eigenvalue weighted by molar-refractivity contribution is 0.336. The fraction of sp³-hybridized carbons (Fsp3) is 0.571. The van der Waals surface area contributed by atoms with Crippen LogP contribution in [0.15, 0.2) is 21.1 Å². The molecule has 0 aliphatic carbocycles. The highest BCUT2D eigenvalue weighted by atomic mass is 79.9. The van der Waals surface area contributed by atoms with Gasteiger partial charge < -0.3 is 10.1 Å². The van der Waals surface area contributed by atoms with E-state index in [2.05, 4.69) is 37.2 Å². The SMILES string of the molecule is CCOc1c(Br)cc(CNCC2CCS(=O)(=O)C2)cc1Br. The van der Waals surface area contributed by atoms with Crippen LogP contribution in [-0.2, 0) is 16.4 Å². The fourth-order valence-corrected chi connectivity index (χ4v) is 5.82. The zero-order valence-electron chi connectivity index (χ0n) is 11.9. The van der Waals surface area contributed by atoms with Crippen LogP contribution in [0.1, 0.15) is 18.9 Å². The molecule has 4 nitrogen and oxygen atoms in total. The van der Waals surface area contributed by atoms with Crippen LogP contribution >= 0.6 is 31.9 Å². The Balaban J connectivity index is 1.89. The molecule has 118 valence electrons. The Hall–Kier alpha value is -0.110. The number of rotatable bonds is 6. The van der Waals surface area contributed by atoms with Crippen LogP contribution in [0.3, 0.4) is 0 Å². The van der Waals surface area contributed by atoms with Gasteiger partial charge in [-0.15, -0.1) is 0 Å². The minimum atomic E-state index is -2.79. The van der Waals surface area contributed by atoms with E-state index < -0.39 is 9.84 Å². The van der Waals surface area contributed by atoms with Crippen molar-refractivity contribution in [2.45, 2.75) is 19.9 Å². The Bertz CT molecular complexity index is 581. The number of hydrogen-bond acceptors (Lipinski definition) is 4. The number of sulfone groups is 1. The van der Waals surface area contributed by atoms with Crippen molar-refractivity contribution in [2.24, 2.45) is 5.92 Å². The van der Waals surface area contributed by atoms with Crippen molar-refractivity contribution < 1.29 is 13.2 Å². The van der Waals surface area contributed by atoms with Gasteiger partial charge in [-0.1, -0.05) is 0 Å². The minimum Gasteiger partial charge on any atom is -0.492 e. The van der Waals surface area contributed by atoms with Gasteiger partial charge in [-0.3, -0.25) is 0 Å². The standard InChI is InChI=1S/C14H19Br2NO3S/c1-2-20-14-12(15)5-11(6-13(14)16)8-17-7-10-3-4-21(18,19)9-10/h5-6,10,17H,2-4,7-9H2,1H3. The van der Waals surface area contributed by atoms with Crippen LogP contribution in [0.25, 0.3) is 0 Å². The maximum atomic E-state index is 11.4. The van der Waals surface area contributed by atoms with Crippen molar-refractivity contribution in [1.29, 1.82) is 0 Å². The lowest BCUT2D eigenvalue weighted by atomic mass is 10.1. The Labute approximate surface area is 142 Å². The summed E-state index contributed by atoms with van der Waals surface area (Å²) in [6, 6.07) is 4.04. The molecule has 21 heavy (non-hydrogen) atoms. The molecular formula is C14H19Br2NO3S. The highest BCUT2D eigenvalue weighted by Crippen LogP contribution is 2.34. The molecule has 0 amide bonds. The molecule has 1 N–H and O–H groups in total. The lowest BCUT2D eigenvalue weighted by Crippen LogP contribution is -2.23. The molecule has 1 atom stereocenters. The third-order valence-corrected chi connectivity index (χ3v) is 6.45. The van der Waals surface area contributed by atoms with Crippen LogP contribution < -0.4 is 10.1 Å². The molecule has 1 aromatic carbocycles. The molecule has 1 heterocycles. The molecule has 2 rings (SSSR count). The first-order chi connectivity index (χ1) is 9.91. The first-order valence-electron chi connectivity index (χ1n) is 6.93. The van der Waals surface area contributed by atoms with Gasteiger partial charge in [0, 0.05) is 6.54 Å². The summed E-state index contributed by atoms with van der Waals surface area (Å²) in [5, 5.41) is 3.34. The van der Waals surface area contributed by atoms with E-state index in [-0.39, 0.29) is 5.92 Å². The van der Waals surface area contributed by atoms with Gasteiger partial charge in [0.2, 0.25) is 0 Å². The molecule has 0 spiro atoms. The van der Waals surface area contributed by atoms with E-state index in [0.717, 1.165) is 33.2 Å². The van der Waals surface area contributed by atoms with Gasteiger partial charge in [-0.2, -0.15) is 0 Å². The van der Waals surface area contributed by atoms with Gasteiger partial charge in [-0.05, 0) is 75.4 Å². The molecule has 1 aromatic rings. The monoisotopic (exact) mass is 439 g/mol. The summed E-state index contributed by atoms with van der Waals surface area (Å²) in [7, 11) is -2.79. The van der Waals surface area contributed by atoms with Crippen molar-refractivity contribution in [3.63, 3.8) is 0 Å². The molecule has 0 aromatic heterocycles. The predicted octanol–water partition coefficient (Wildman–Crippen LogP) is 3.13. The smallest absolute Gasteiger partial charge is 0.150 e. The van der Waals surface area contributed by atoms with Crippen molar-refractivity contribution in [1.82, 2.24) is 5.32 Å². The maximum Gasteiger partial charge on any atom is 0.150 e. The van der Waals surface area contributed by atoms with Crippen LogP contribution in [0.5, 0.6) is 5.75 Å². The van der Waals surface area contributed by atoms with Crippen molar-refractivity contribution >= 4 is 41.7 Å². The first-order valence-corrected chi connectivity index (χ1v) is 10.3. The van der Waals surface area contributed by atoms with Crippen LogP contribution in [0, 0.1) is 5.92 Å². The predicted molar refractivity (Wildman–Crippen MR) is 91.5 cm³/mol. The van der Waals surface area contributed by atoms with Gasteiger partial charge in [0.05, 0.1) is 27.1 Å². The van der Waals surface area contributed by atoms with E-state index in [4.69, 9.17) is 4.74 Å². The number of halogens is 2.